The number of rotatable bonds is 5. The zero-order chi connectivity index (χ0) is 13.8. The van der Waals surface area contributed by atoms with Crippen molar-refractivity contribution in [2.75, 3.05) is 13.2 Å². The summed E-state index contributed by atoms with van der Waals surface area (Å²) in [7, 11) is 0. The van der Waals surface area contributed by atoms with Crippen LogP contribution in [0.5, 0.6) is 0 Å². The predicted octanol–water partition coefficient (Wildman–Crippen LogP) is 2.30. The van der Waals surface area contributed by atoms with E-state index < -0.39 is 0 Å². The number of hydrogen-bond donors (Lipinski definition) is 1. The molecular formula is C16H21NO2. The predicted molar refractivity (Wildman–Crippen MR) is 76.8 cm³/mol. The van der Waals surface area contributed by atoms with Crippen molar-refractivity contribution in [3.63, 3.8) is 0 Å². The molecule has 0 aliphatic heterocycles. The van der Waals surface area contributed by atoms with Crippen LogP contribution in [0.25, 0.3) is 6.08 Å². The summed E-state index contributed by atoms with van der Waals surface area (Å²) in [6.45, 7) is 4.56. The van der Waals surface area contributed by atoms with Gasteiger partial charge in [0.05, 0.1) is 6.61 Å². The Kier molecular flexibility index (Phi) is 4.38. The number of aliphatic hydroxyl groups excluding tert-OH is 1. The molecule has 0 radical (unpaired) electrons. The van der Waals surface area contributed by atoms with Gasteiger partial charge in [0.25, 0.3) is 0 Å². The number of carbonyl (C=O) groups is 1. The highest BCUT2D eigenvalue weighted by Crippen LogP contribution is 2.26. The van der Waals surface area contributed by atoms with Crippen molar-refractivity contribution < 1.29 is 9.90 Å². The molecule has 0 bridgehead atoms. The Hall–Kier alpha value is -1.61. The summed E-state index contributed by atoms with van der Waals surface area (Å²) in [5.41, 5.74) is 3.46. The third-order valence-corrected chi connectivity index (χ3v) is 3.44. The molecule has 2 rings (SSSR count). The monoisotopic (exact) mass is 259 g/mol. The normalized spacial score (nSPS) is 14.9. The molecule has 19 heavy (non-hydrogen) atoms. The van der Waals surface area contributed by atoms with E-state index >= 15 is 0 Å². The van der Waals surface area contributed by atoms with Crippen LogP contribution in [-0.2, 0) is 4.79 Å². The first-order valence-corrected chi connectivity index (χ1v) is 6.78. The summed E-state index contributed by atoms with van der Waals surface area (Å²) in [5, 5.41) is 9.00. The van der Waals surface area contributed by atoms with E-state index in [1.807, 2.05) is 25.1 Å². The minimum absolute atomic E-state index is 0.00322. The van der Waals surface area contributed by atoms with Gasteiger partial charge in [-0.2, -0.15) is 0 Å². The highest BCUT2D eigenvalue weighted by atomic mass is 16.3. The second-order valence-corrected chi connectivity index (χ2v) is 5.18. The SMILES string of the molecule is Cc1ccc(/C=C/C(=O)N(CCO)C2CC2)c(C)c1. The molecule has 0 saturated heterocycles. The first-order valence-electron chi connectivity index (χ1n) is 6.78. The minimum atomic E-state index is -0.00322. The van der Waals surface area contributed by atoms with E-state index in [-0.39, 0.29) is 12.5 Å². The average molecular weight is 259 g/mol. The van der Waals surface area contributed by atoms with Gasteiger partial charge >= 0.3 is 0 Å². The van der Waals surface area contributed by atoms with Crippen LogP contribution >= 0.6 is 0 Å². The zero-order valence-electron chi connectivity index (χ0n) is 11.6. The van der Waals surface area contributed by atoms with Crippen LogP contribution in [0.4, 0.5) is 0 Å². The highest BCUT2D eigenvalue weighted by Gasteiger charge is 2.30. The number of aryl methyl sites for hydroxylation is 2. The van der Waals surface area contributed by atoms with Crippen molar-refractivity contribution >= 4 is 12.0 Å². The molecule has 1 saturated carbocycles. The molecule has 102 valence electrons. The summed E-state index contributed by atoms with van der Waals surface area (Å²) < 4.78 is 0. The lowest BCUT2D eigenvalue weighted by atomic mass is 10.1. The van der Waals surface area contributed by atoms with E-state index in [2.05, 4.69) is 13.0 Å². The van der Waals surface area contributed by atoms with Crippen LogP contribution in [0.2, 0.25) is 0 Å². The standard InChI is InChI=1S/C16H21NO2/c1-12-3-4-14(13(2)11-12)5-8-16(19)17(9-10-18)15-6-7-15/h3-5,8,11,15,18H,6-7,9-10H2,1-2H3/b8-5+. The van der Waals surface area contributed by atoms with Gasteiger partial charge in [0.15, 0.2) is 0 Å². The highest BCUT2D eigenvalue weighted by molar-refractivity contribution is 5.92. The van der Waals surface area contributed by atoms with E-state index in [9.17, 15) is 4.79 Å². The maximum Gasteiger partial charge on any atom is 0.246 e. The molecule has 0 heterocycles. The fourth-order valence-electron chi connectivity index (χ4n) is 2.24. The van der Waals surface area contributed by atoms with E-state index in [0.717, 1.165) is 18.4 Å². The van der Waals surface area contributed by atoms with E-state index in [1.54, 1.807) is 11.0 Å². The Morgan fingerprint density at radius 2 is 2.16 bits per heavy atom. The number of aliphatic hydroxyl groups is 1. The molecule has 1 aliphatic rings. The second-order valence-electron chi connectivity index (χ2n) is 5.18. The van der Waals surface area contributed by atoms with Gasteiger partial charge in [-0.05, 0) is 43.9 Å². The van der Waals surface area contributed by atoms with Crippen LogP contribution in [0.3, 0.4) is 0 Å². The molecule has 1 N–H and O–H groups in total. The molecule has 3 heteroatoms. The fourth-order valence-corrected chi connectivity index (χ4v) is 2.24. The third kappa shape index (κ3) is 3.67. The van der Waals surface area contributed by atoms with Gasteiger partial charge in [0.2, 0.25) is 5.91 Å². The van der Waals surface area contributed by atoms with Gasteiger partial charge in [-0.25, -0.2) is 0 Å². The second kappa shape index (κ2) is 6.02. The zero-order valence-corrected chi connectivity index (χ0v) is 11.6. The van der Waals surface area contributed by atoms with Gasteiger partial charge in [-0.15, -0.1) is 0 Å². The number of amides is 1. The smallest absolute Gasteiger partial charge is 0.246 e. The van der Waals surface area contributed by atoms with Gasteiger partial charge in [0, 0.05) is 18.7 Å². The average Bonchev–Trinajstić information content (AvgIpc) is 3.18. The van der Waals surface area contributed by atoms with Crippen LogP contribution < -0.4 is 0 Å². The number of hydrogen-bond acceptors (Lipinski definition) is 2. The van der Waals surface area contributed by atoms with Crippen LogP contribution in [0, 0.1) is 13.8 Å². The lowest BCUT2D eigenvalue weighted by Crippen LogP contribution is -2.34. The van der Waals surface area contributed by atoms with E-state index in [4.69, 9.17) is 5.11 Å². The fraction of sp³-hybridized carbons (Fsp3) is 0.438. The topological polar surface area (TPSA) is 40.5 Å². The molecule has 0 aromatic heterocycles. The Labute approximate surface area is 114 Å². The number of benzene rings is 1. The van der Waals surface area contributed by atoms with Crippen LogP contribution in [0.15, 0.2) is 24.3 Å². The summed E-state index contributed by atoms with van der Waals surface area (Å²) in [6.07, 6.45) is 5.60. The molecule has 1 aliphatic carbocycles. The Morgan fingerprint density at radius 1 is 1.42 bits per heavy atom. The van der Waals surface area contributed by atoms with E-state index in [1.165, 1.54) is 11.1 Å². The molecule has 0 atom stereocenters. The van der Waals surface area contributed by atoms with Gasteiger partial charge in [0.1, 0.15) is 0 Å². The summed E-state index contributed by atoms with van der Waals surface area (Å²) in [5.74, 6) is -0.00322. The van der Waals surface area contributed by atoms with Crippen molar-refractivity contribution in [3.05, 3.63) is 41.0 Å². The number of nitrogens with zero attached hydrogens (tertiary/aromatic N) is 1. The van der Waals surface area contributed by atoms with Crippen molar-refractivity contribution in [3.8, 4) is 0 Å². The maximum absolute atomic E-state index is 12.1. The molecule has 0 spiro atoms. The largest absolute Gasteiger partial charge is 0.395 e. The summed E-state index contributed by atoms with van der Waals surface area (Å²) in [4.78, 5) is 13.9. The molecule has 1 aromatic rings. The van der Waals surface area contributed by atoms with E-state index in [0.29, 0.717) is 12.6 Å². The maximum atomic E-state index is 12.1. The summed E-state index contributed by atoms with van der Waals surface area (Å²) >= 11 is 0. The lowest BCUT2D eigenvalue weighted by Gasteiger charge is -2.19. The van der Waals surface area contributed by atoms with Crippen molar-refractivity contribution in [2.24, 2.45) is 0 Å². The first kappa shape index (κ1) is 13.8. The molecule has 0 unspecified atom stereocenters. The van der Waals surface area contributed by atoms with Crippen molar-refractivity contribution in [2.45, 2.75) is 32.7 Å². The van der Waals surface area contributed by atoms with Gasteiger partial charge < -0.3 is 10.0 Å². The Morgan fingerprint density at radius 3 is 2.74 bits per heavy atom. The van der Waals surface area contributed by atoms with Crippen LogP contribution in [0.1, 0.15) is 29.5 Å². The Bertz CT molecular complexity index is 490. The first-order chi connectivity index (χ1) is 9.11. The van der Waals surface area contributed by atoms with Crippen molar-refractivity contribution in [1.82, 2.24) is 4.90 Å². The molecular weight excluding hydrogens is 238 g/mol. The van der Waals surface area contributed by atoms with Crippen molar-refractivity contribution in [1.29, 1.82) is 0 Å². The van der Waals surface area contributed by atoms with Crippen LogP contribution in [-0.4, -0.2) is 35.1 Å². The third-order valence-electron chi connectivity index (χ3n) is 3.44. The molecule has 3 nitrogen and oxygen atoms in total. The molecule has 1 amide bonds. The quantitative estimate of drug-likeness (QED) is 0.824. The lowest BCUT2D eigenvalue weighted by molar-refractivity contribution is -0.127. The van der Waals surface area contributed by atoms with Gasteiger partial charge in [-0.1, -0.05) is 23.8 Å². The molecule has 1 fully saturated rings. The summed E-state index contributed by atoms with van der Waals surface area (Å²) in [6, 6.07) is 6.52. The molecule has 1 aromatic carbocycles. The Balaban J connectivity index is 2.06. The van der Waals surface area contributed by atoms with Gasteiger partial charge in [-0.3, -0.25) is 4.79 Å². The minimum Gasteiger partial charge on any atom is -0.395 e. The number of carbonyl (C=O) groups excluding carboxylic acids is 1.